The van der Waals surface area contributed by atoms with Gasteiger partial charge in [-0.15, -0.1) is 0 Å². The topological polar surface area (TPSA) is 75.7 Å². The fourth-order valence-corrected chi connectivity index (χ4v) is 4.02. The van der Waals surface area contributed by atoms with Gasteiger partial charge in [0.05, 0.1) is 25.1 Å². The Bertz CT molecular complexity index is 1080. The van der Waals surface area contributed by atoms with Crippen molar-refractivity contribution in [1.82, 2.24) is 9.47 Å². The molecule has 1 N–H and O–H groups in total. The minimum absolute atomic E-state index is 0.119. The second-order valence-electron chi connectivity index (χ2n) is 7.35. The fourth-order valence-electron chi connectivity index (χ4n) is 4.02. The predicted octanol–water partition coefficient (Wildman–Crippen LogP) is 2.86. The molecule has 1 aliphatic carbocycles. The van der Waals surface area contributed by atoms with Crippen molar-refractivity contribution in [2.75, 3.05) is 13.2 Å². The Labute approximate surface area is 169 Å². The molecule has 0 spiro atoms. The van der Waals surface area contributed by atoms with Gasteiger partial charge in [0.1, 0.15) is 11.3 Å². The SMILES string of the molecule is Cc1ccn(-c2cccc3c2CCC3)c(=O)c1C(=O)N(CCO)Cc1ccco1. The number of carbonyl (C=O) groups excluding carboxylic acids is 1. The second-order valence-corrected chi connectivity index (χ2v) is 7.35. The maximum Gasteiger partial charge on any atom is 0.268 e. The van der Waals surface area contributed by atoms with Gasteiger partial charge in [0.25, 0.3) is 11.5 Å². The molecule has 29 heavy (non-hydrogen) atoms. The van der Waals surface area contributed by atoms with Crippen LogP contribution in [0.5, 0.6) is 0 Å². The maximum absolute atomic E-state index is 13.4. The monoisotopic (exact) mass is 392 g/mol. The zero-order chi connectivity index (χ0) is 20.4. The molecule has 0 saturated heterocycles. The summed E-state index contributed by atoms with van der Waals surface area (Å²) in [6.45, 7) is 1.88. The maximum atomic E-state index is 13.4. The standard InChI is InChI=1S/C23H24N2O4/c1-16-10-11-25(20-9-3-6-17-5-2-8-19(17)20)23(28)21(16)22(27)24(12-13-26)15-18-7-4-14-29-18/h3-4,6-7,9-11,14,26H,2,5,8,12-13,15H2,1H3. The first-order valence-electron chi connectivity index (χ1n) is 9.86. The molecule has 0 fully saturated rings. The van der Waals surface area contributed by atoms with Crippen LogP contribution in [0.4, 0.5) is 0 Å². The lowest BCUT2D eigenvalue weighted by atomic mass is 10.1. The molecule has 6 nitrogen and oxygen atoms in total. The summed E-state index contributed by atoms with van der Waals surface area (Å²) in [6.07, 6.45) is 6.30. The highest BCUT2D eigenvalue weighted by Crippen LogP contribution is 2.27. The Morgan fingerprint density at radius 2 is 2.07 bits per heavy atom. The van der Waals surface area contributed by atoms with Gasteiger partial charge in [0.2, 0.25) is 0 Å². The third-order valence-electron chi connectivity index (χ3n) is 5.48. The largest absolute Gasteiger partial charge is 0.467 e. The molecule has 0 unspecified atom stereocenters. The van der Waals surface area contributed by atoms with Gasteiger partial charge in [0.15, 0.2) is 0 Å². The molecule has 150 valence electrons. The van der Waals surface area contributed by atoms with Crippen LogP contribution in [-0.4, -0.2) is 33.6 Å². The molecule has 1 amide bonds. The number of pyridine rings is 1. The number of aryl methyl sites for hydroxylation is 2. The number of aromatic nitrogens is 1. The van der Waals surface area contributed by atoms with Crippen molar-refractivity contribution in [1.29, 1.82) is 0 Å². The third kappa shape index (κ3) is 3.63. The van der Waals surface area contributed by atoms with Gasteiger partial charge in [0, 0.05) is 12.7 Å². The summed E-state index contributed by atoms with van der Waals surface area (Å²) >= 11 is 0. The van der Waals surface area contributed by atoms with E-state index in [1.54, 1.807) is 35.9 Å². The molecule has 0 bridgehead atoms. The summed E-state index contributed by atoms with van der Waals surface area (Å²) in [5, 5.41) is 9.43. The number of fused-ring (bicyclic) bond motifs is 1. The summed E-state index contributed by atoms with van der Waals surface area (Å²) in [4.78, 5) is 28.1. The Balaban J connectivity index is 1.76. The number of aliphatic hydroxyl groups excluding tert-OH is 1. The quantitative estimate of drug-likeness (QED) is 0.700. The first-order valence-corrected chi connectivity index (χ1v) is 9.86. The molecule has 4 rings (SSSR count). The summed E-state index contributed by atoms with van der Waals surface area (Å²) in [5.74, 6) is 0.196. The van der Waals surface area contributed by atoms with Crippen LogP contribution >= 0.6 is 0 Å². The van der Waals surface area contributed by atoms with Gasteiger partial charge >= 0.3 is 0 Å². The van der Waals surface area contributed by atoms with E-state index in [2.05, 4.69) is 6.07 Å². The molecular formula is C23H24N2O4. The zero-order valence-corrected chi connectivity index (χ0v) is 16.4. The Morgan fingerprint density at radius 1 is 1.21 bits per heavy atom. The van der Waals surface area contributed by atoms with Crippen molar-refractivity contribution in [2.24, 2.45) is 0 Å². The lowest BCUT2D eigenvalue weighted by Gasteiger charge is -2.22. The molecule has 3 aromatic rings. The van der Waals surface area contributed by atoms with Gasteiger partial charge in [-0.05, 0) is 67.1 Å². The summed E-state index contributed by atoms with van der Waals surface area (Å²) in [5.41, 5.74) is 3.70. The van der Waals surface area contributed by atoms with Crippen LogP contribution in [0.15, 0.2) is 58.1 Å². The number of carbonyl (C=O) groups is 1. The van der Waals surface area contributed by atoms with E-state index >= 15 is 0 Å². The molecule has 0 radical (unpaired) electrons. The van der Waals surface area contributed by atoms with Crippen molar-refractivity contribution < 1.29 is 14.3 Å². The average Bonchev–Trinajstić information content (AvgIpc) is 3.39. The number of benzene rings is 1. The van der Waals surface area contributed by atoms with E-state index in [4.69, 9.17) is 4.42 Å². The lowest BCUT2D eigenvalue weighted by Crippen LogP contribution is -2.38. The number of amides is 1. The summed E-state index contributed by atoms with van der Waals surface area (Å²) in [6, 6.07) is 11.3. The van der Waals surface area contributed by atoms with Crippen molar-refractivity contribution in [3.8, 4) is 5.69 Å². The van der Waals surface area contributed by atoms with Gasteiger partial charge in [-0.3, -0.25) is 14.2 Å². The Morgan fingerprint density at radius 3 is 2.83 bits per heavy atom. The molecule has 2 heterocycles. The number of hydrogen-bond acceptors (Lipinski definition) is 4. The Hall–Kier alpha value is -3.12. The van der Waals surface area contributed by atoms with Crippen LogP contribution in [0.25, 0.3) is 5.69 Å². The molecule has 1 aliphatic rings. The first kappa shape index (κ1) is 19.2. The van der Waals surface area contributed by atoms with Crippen LogP contribution in [0.3, 0.4) is 0 Å². The normalized spacial score (nSPS) is 12.8. The first-order chi connectivity index (χ1) is 14.1. The molecule has 1 aromatic carbocycles. The number of aliphatic hydroxyl groups is 1. The van der Waals surface area contributed by atoms with E-state index in [9.17, 15) is 14.7 Å². The third-order valence-corrected chi connectivity index (χ3v) is 5.48. The van der Waals surface area contributed by atoms with Crippen molar-refractivity contribution in [2.45, 2.75) is 32.7 Å². The lowest BCUT2D eigenvalue weighted by molar-refractivity contribution is 0.0692. The van der Waals surface area contributed by atoms with E-state index in [1.165, 1.54) is 22.3 Å². The zero-order valence-electron chi connectivity index (χ0n) is 16.4. The highest BCUT2D eigenvalue weighted by atomic mass is 16.3. The highest BCUT2D eigenvalue weighted by Gasteiger charge is 2.24. The van der Waals surface area contributed by atoms with Crippen LogP contribution in [0.2, 0.25) is 0 Å². The van der Waals surface area contributed by atoms with Crippen LogP contribution < -0.4 is 5.56 Å². The van der Waals surface area contributed by atoms with Gasteiger partial charge in [-0.2, -0.15) is 0 Å². The molecule has 0 aliphatic heterocycles. The minimum Gasteiger partial charge on any atom is -0.467 e. The number of rotatable bonds is 6. The number of nitrogens with zero attached hydrogens (tertiary/aromatic N) is 2. The van der Waals surface area contributed by atoms with Crippen molar-refractivity contribution in [3.63, 3.8) is 0 Å². The molecule has 2 aromatic heterocycles. The average molecular weight is 392 g/mol. The fraction of sp³-hybridized carbons (Fsp3) is 0.304. The van der Waals surface area contributed by atoms with Gasteiger partial charge in [-0.1, -0.05) is 12.1 Å². The molecular weight excluding hydrogens is 368 g/mol. The van der Waals surface area contributed by atoms with E-state index in [1.807, 2.05) is 12.1 Å². The highest BCUT2D eigenvalue weighted by molar-refractivity contribution is 5.95. The molecule has 6 heteroatoms. The summed E-state index contributed by atoms with van der Waals surface area (Å²) in [7, 11) is 0. The predicted molar refractivity (Wildman–Crippen MR) is 109 cm³/mol. The summed E-state index contributed by atoms with van der Waals surface area (Å²) < 4.78 is 6.92. The van der Waals surface area contributed by atoms with Crippen LogP contribution in [0.1, 0.15) is 39.2 Å². The second kappa shape index (κ2) is 8.09. The van der Waals surface area contributed by atoms with E-state index in [-0.39, 0.29) is 30.8 Å². The van der Waals surface area contributed by atoms with Crippen LogP contribution in [0, 0.1) is 6.92 Å². The number of furan rings is 1. The minimum atomic E-state index is -0.403. The van der Waals surface area contributed by atoms with Gasteiger partial charge < -0.3 is 14.4 Å². The van der Waals surface area contributed by atoms with Gasteiger partial charge in [-0.25, -0.2) is 0 Å². The van der Waals surface area contributed by atoms with E-state index in [0.717, 1.165) is 24.9 Å². The molecule has 0 atom stereocenters. The van der Waals surface area contributed by atoms with Crippen molar-refractivity contribution in [3.05, 3.63) is 87.2 Å². The van der Waals surface area contributed by atoms with E-state index in [0.29, 0.717) is 11.3 Å². The number of hydrogen-bond donors (Lipinski definition) is 1. The Kier molecular flexibility index (Phi) is 5.36. The smallest absolute Gasteiger partial charge is 0.268 e. The van der Waals surface area contributed by atoms with Crippen LogP contribution in [-0.2, 0) is 19.4 Å². The molecule has 0 saturated carbocycles. The van der Waals surface area contributed by atoms with Crippen molar-refractivity contribution >= 4 is 5.91 Å². The van der Waals surface area contributed by atoms with E-state index < -0.39 is 5.91 Å².